The van der Waals surface area contributed by atoms with Gasteiger partial charge in [-0.05, 0) is 32.4 Å². The van der Waals surface area contributed by atoms with E-state index in [9.17, 15) is 9.59 Å². The van der Waals surface area contributed by atoms with Crippen LogP contribution in [-0.4, -0.2) is 46.3 Å². The molecule has 16 heavy (non-hydrogen) atoms. The number of rotatable bonds is 1. The van der Waals surface area contributed by atoms with Crippen LogP contribution < -0.4 is 5.32 Å². The Morgan fingerprint density at radius 3 is 2.94 bits per heavy atom. The summed E-state index contributed by atoms with van der Waals surface area (Å²) in [7, 11) is 0. The van der Waals surface area contributed by atoms with Crippen LogP contribution in [-0.2, 0) is 9.59 Å². The summed E-state index contributed by atoms with van der Waals surface area (Å²) < 4.78 is 0. The average Bonchev–Trinajstić information content (AvgIpc) is 2.74. The summed E-state index contributed by atoms with van der Waals surface area (Å²) in [4.78, 5) is 25.8. The van der Waals surface area contributed by atoms with E-state index in [0.717, 1.165) is 18.6 Å². The highest BCUT2D eigenvalue weighted by atomic mass is 32.2. The highest BCUT2D eigenvalue weighted by molar-refractivity contribution is 8.00. The summed E-state index contributed by atoms with van der Waals surface area (Å²) in [6.07, 6.45) is 2.07. The number of carbonyl (C=O) groups excluding carboxylic acids is 2. The topological polar surface area (TPSA) is 49.4 Å². The number of carbonyl (C=O) groups is 2. The Bertz CT molecular complexity index is 311. The zero-order valence-electron chi connectivity index (χ0n) is 9.78. The number of hydrogen-bond acceptors (Lipinski definition) is 3. The van der Waals surface area contributed by atoms with Crippen molar-refractivity contribution in [3.63, 3.8) is 0 Å². The standard InChI is InChI=1S/C11H18N2O2S/c1-11(2)10(15)12-5-6-13(11)9(14)8-4-3-7-16-8/h8H,3-7H2,1-2H3,(H,12,15). The highest BCUT2D eigenvalue weighted by Crippen LogP contribution is 2.30. The van der Waals surface area contributed by atoms with Gasteiger partial charge in [0.2, 0.25) is 11.8 Å². The molecule has 1 unspecified atom stereocenters. The number of thioether (sulfide) groups is 1. The van der Waals surface area contributed by atoms with Crippen molar-refractivity contribution in [3.05, 3.63) is 0 Å². The average molecular weight is 242 g/mol. The van der Waals surface area contributed by atoms with Crippen LogP contribution in [0.5, 0.6) is 0 Å². The van der Waals surface area contributed by atoms with E-state index >= 15 is 0 Å². The van der Waals surface area contributed by atoms with Crippen LogP contribution in [0.1, 0.15) is 26.7 Å². The maximum Gasteiger partial charge on any atom is 0.245 e. The minimum atomic E-state index is -0.696. The molecule has 1 atom stereocenters. The first-order valence-electron chi connectivity index (χ1n) is 5.75. The lowest BCUT2D eigenvalue weighted by Crippen LogP contribution is -2.64. The fourth-order valence-electron chi connectivity index (χ4n) is 2.23. The van der Waals surface area contributed by atoms with Gasteiger partial charge in [-0.2, -0.15) is 0 Å². The molecule has 0 radical (unpaired) electrons. The number of nitrogens with zero attached hydrogens (tertiary/aromatic N) is 1. The summed E-state index contributed by atoms with van der Waals surface area (Å²) in [5, 5.41) is 2.88. The molecule has 2 heterocycles. The third-order valence-electron chi connectivity index (χ3n) is 3.32. The molecule has 0 spiro atoms. The first kappa shape index (κ1) is 11.8. The molecule has 0 aromatic rings. The molecule has 2 fully saturated rings. The van der Waals surface area contributed by atoms with Crippen molar-refractivity contribution in [1.82, 2.24) is 10.2 Å². The van der Waals surface area contributed by atoms with Gasteiger partial charge >= 0.3 is 0 Å². The van der Waals surface area contributed by atoms with Gasteiger partial charge in [0.05, 0.1) is 5.25 Å². The predicted octanol–water partition coefficient (Wildman–Crippen LogP) is 0.619. The normalized spacial score (nSPS) is 29.0. The zero-order valence-corrected chi connectivity index (χ0v) is 10.6. The number of piperazine rings is 1. The van der Waals surface area contributed by atoms with Gasteiger partial charge in [-0.3, -0.25) is 9.59 Å². The summed E-state index contributed by atoms with van der Waals surface area (Å²) >= 11 is 1.72. The first-order chi connectivity index (χ1) is 7.53. The molecule has 0 aromatic heterocycles. The number of amides is 2. The maximum absolute atomic E-state index is 12.3. The molecule has 0 saturated carbocycles. The van der Waals surface area contributed by atoms with Crippen LogP contribution in [0, 0.1) is 0 Å². The van der Waals surface area contributed by atoms with Gasteiger partial charge in [0, 0.05) is 13.1 Å². The van der Waals surface area contributed by atoms with Crippen LogP contribution in [0.2, 0.25) is 0 Å². The Balaban J connectivity index is 2.12. The van der Waals surface area contributed by atoms with E-state index in [1.165, 1.54) is 0 Å². The molecule has 2 saturated heterocycles. The third-order valence-corrected chi connectivity index (χ3v) is 4.69. The number of nitrogens with one attached hydrogen (secondary N) is 1. The Morgan fingerprint density at radius 2 is 2.31 bits per heavy atom. The largest absolute Gasteiger partial charge is 0.352 e. The summed E-state index contributed by atoms with van der Waals surface area (Å²) in [5.74, 6) is 1.16. The van der Waals surface area contributed by atoms with Gasteiger partial charge < -0.3 is 10.2 Å². The fourth-order valence-corrected chi connectivity index (χ4v) is 3.45. The van der Waals surface area contributed by atoms with Gasteiger partial charge in [-0.15, -0.1) is 11.8 Å². The molecule has 2 aliphatic rings. The van der Waals surface area contributed by atoms with Crippen LogP contribution in [0.4, 0.5) is 0 Å². The van der Waals surface area contributed by atoms with Crippen molar-refractivity contribution in [2.24, 2.45) is 0 Å². The summed E-state index contributed by atoms with van der Waals surface area (Å²) in [5.41, 5.74) is -0.696. The van der Waals surface area contributed by atoms with Crippen LogP contribution in [0.3, 0.4) is 0 Å². The van der Waals surface area contributed by atoms with Gasteiger partial charge in [-0.1, -0.05) is 0 Å². The Kier molecular flexibility index (Phi) is 3.15. The molecule has 2 aliphatic heterocycles. The van der Waals surface area contributed by atoms with E-state index in [0.29, 0.717) is 13.1 Å². The van der Waals surface area contributed by atoms with Crippen molar-refractivity contribution < 1.29 is 9.59 Å². The minimum absolute atomic E-state index is 0.0462. The van der Waals surface area contributed by atoms with E-state index in [-0.39, 0.29) is 17.1 Å². The third kappa shape index (κ3) is 1.93. The molecule has 2 amide bonds. The second kappa shape index (κ2) is 4.28. The first-order valence-corrected chi connectivity index (χ1v) is 6.80. The molecule has 90 valence electrons. The minimum Gasteiger partial charge on any atom is -0.352 e. The molecule has 1 N–H and O–H groups in total. The van der Waals surface area contributed by atoms with Crippen molar-refractivity contribution >= 4 is 23.6 Å². The van der Waals surface area contributed by atoms with E-state index in [1.807, 2.05) is 13.8 Å². The monoisotopic (exact) mass is 242 g/mol. The SMILES string of the molecule is CC1(C)C(=O)NCCN1C(=O)C1CCCS1. The molecule has 5 heteroatoms. The second-order valence-corrected chi connectivity index (χ2v) is 6.12. The summed E-state index contributed by atoms with van der Waals surface area (Å²) in [6.45, 7) is 4.85. The van der Waals surface area contributed by atoms with Gasteiger partial charge in [0.25, 0.3) is 0 Å². The number of hydrogen-bond donors (Lipinski definition) is 1. The molecule has 0 aromatic carbocycles. The molecular formula is C11H18N2O2S. The second-order valence-electron chi connectivity index (χ2n) is 4.81. The predicted molar refractivity (Wildman–Crippen MR) is 64.3 cm³/mol. The Morgan fingerprint density at radius 1 is 1.56 bits per heavy atom. The Labute approximate surface area is 100 Å². The fraction of sp³-hybridized carbons (Fsp3) is 0.818. The zero-order chi connectivity index (χ0) is 11.8. The van der Waals surface area contributed by atoms with Crippen LogP contribution >= 0.6 is 11.8 Å². The quantitative estimate of drug-likeness (QED) is 0.733. The van der Waals surface area contributed by atoms with E-state index < -0.39 is 5.54 Å². The smallest absolute Gasteiger partial charge is 0.245 e. The van der Waals surface area contributed by atoms with Gasteiger partial charge in [0.1, 0.15) is 5.54 Å². The lowest BCUT2D eigenvalue weighted by Gasteiger charge is -2.42. The van der Waals surface area contributed by atoms with E-state index in [2.05, 4.69) is 5.32 Å². The van der Waals surface area contributed by atoms with Crippen LogP contribution in [0.15, 0.2) is 0 Å². The van der Waals surface area contributed by atoms with Crippen molar-refractivity contribution in [3.8, 4) is 0 Å². The van der Waals surface area contributed by atoms with E-state index in [4.69, 9.17) is 0 Å². The van der Waals surface area contributed by atoms with Crippen molar-refractivity contribution in [1.29, 1.82) is 0 Å². The summed E-state index contributed by atoms with van der Waals surface area (Å²) in [6, 6.07) is 0. The van der Waals surface area contributed by atoms with Crippen molar-refractivity contribution in [2.75, 3.05) is 18.8 Å². The molecular weight excluding hydrogens is 224 g/mol. The van der Waals surface area contributed by atoms with Gasteiger partial charge in [-0.25, -0.2) is 0 Å². The maximum atomic E-state index is 12.3. The Hall–Kier alpha value is -0.710. The lowest BCUT2D eigenvalue weighted by atomic mass is 9.98. The molecule has 0 aliphatic carbocycles. The molecule has 2 rings (SSSR count). The highest BCUT2D eigenvalue weighted by Gasteiger charge is 2.42. The lowest BCUT2D eigenvalue weighted by molar-refractivity contribution is -0.148. The molecule has 0 bridgehead atoms. The van der Waals surface area contributed by atoms with Crippen LogP contribution in [0.25, 0.3) is 0 Å². The van der Waals surface area contributed by atoms with Crippen molar-refractivity contribution in [2.45, 2.75) is 37.5 Å². The molecule has 4 nitrogen and oxygen atoms in total. The van der Waals surface area contributed by atoms with Gasteiger partial charge in [0.15, 0.2) is 0 Å². The van der Waals surface area contributed by atoms with E-state index in [1.54, 1.807) is 16.7 Å².